The first-order valence-electron chi connectivity index (χ1n) is 9.18. The summed E-state index contributed by atoms with van der Waals surface area (Å²) in [5.41, 5.74) is 9.12. The van der Waals surface area contributed by atoms with Gasteiger partial charge in [-0.2, -0.15) is 0 Å². The Morgan fingerprint density at radius 2 is 1.61 bits per heavy atom. The zero-order valence-corrected chi connectivity index (χ0v) is 17.4. The van der Waals surface area contributed by atoms with E-state index in [9.17, 15) is 9.90 Å². The summed E-state index contributed by atoms with van der Waals surface area (Å²) in [6.45, 7) is 3.25. The molecule has 0 aromatic heterocycles. The molecule has 4 N–H and O–H groups in total. The molecular weight excluding hydrogens is 397 g/mol. The number of nitrogens with zero attached hydrogens (tertiary/aromatic N) is 1. The lowest BCUT2D eigenvalue weighted by molar-refractivity contribution is -0.122. The van der Waals surface area contributed by atoms with Crippen LogP contribution in [0.1, 0.15) is 35.6 Å². The van der Waals surface area contributed by atoms with E-state index in [1.54, 1.807) is 0 Å². The van der Waals surface area contributed by atoms with Gasteiger partial charge in [0.1, 0.15) is 6.04 Å². The summed E-state index contributed by atoms with van der Waals surface area (Å²) in [6, 6.07) is 17.0. The van der Waals surface area contributed by atoms with Crippen molar-refractivity contribution in [2.24, 2.45) is 5.73 Å². The first-order chi connectivity index (χ1) is 12.6. The molecule has 1 fully saturated rings. The summed E-state index contributed by atoms with van der Waals surface area (Å²) in [7, 11) is 0. The van der Waals surface area contributed by atoms with Gasteiger partial charge in [-0.05, 0) is 29.5 Å². The van der Waals surface area contributed by atoms with Crippen LogP contribution in [0.2, 0.25) is 0 Å². The summed E-state index contributed by atoms with van der Waals surface area (Å²) >= 11 is 0. The molecule has 2 aromatic rings. The molecule has 3 rings (SSSR count). The van der Waals surface area contributed by atoms with Gasteiger partial charge in [0, 0.05) is 26.2 Å². The average Bonchev–Trinajstić information content (AvgIpc) is 2.69. The van der Waals surface area contributed by atoms with Crippen LogP contribution in [-0.2, 0) is 17.9 Å². The van der Waals surface area contributed by atoms with Crippen LogP contribution >= 0.6 is 24.8 Å². The molecule has 28 heavy (non-hydrogen) atoms. The molecule has 1 atom stereocenters. The normalized spacial score (nSPS) is 15.8. The van der Waals surface area contributed by atoms with Gasteiger partial charge >= 0.3 is 0 Å². The van der Waals surface area contributed by atoms with Gasteiger partial charge in [0.25, 0.3) is 0 Å². The van der Waals surface area contributed by atoms with Gasteiger partial charge in [0.2, 0.25) is 5.91 Å². The topological polar surface area (TPSA) is 78.6 Å². The number of amides is 1. The Morgan fingerprint density at radius 1 is 1.04 bits per heavy atom. The molecule has 1 heterocycles. The summed E-state index contributed by atoms with van der Waals surface area (Å²) in [5, 5.41) is 12.5. The van der Waals surface area contributed by atoms with Gasteiger partial charge in [-0.3, -0.25) is 9.69 Å². The van der Waals surface area contributed by atoms with Crippen molar-refractivity contribution in [2.45, 2.75) is 38.1 Å². The van der Waals surface area contributed by atoms with Crippen molar-refractivity contribution in [1.82, 2.24) is 10.2 Å². The number of carbonyl (C=O) groups is 1. The minimum Gasteiger partial charge on any atom is -0.393 e. The summed E-state index contributed by atoms with van der Waals surface area (Å²) in [4.78, 5) is 14.6. The highest BCUT2D eigenvalue weighted by molar-refractivity contribution is 5.85. The highest BCUT2D eigenvalue weighted by Crippen LogP contribution is 2.14. The molecule has 1 aliphatic heterocycles. The van der Waals surface area contributed by atoms with Crippen LogP contribution in [0.3, 0.4) is 0 Å². The molecule has 1 unspecified atom stereocenters. The Labute approximate surface area is 179 Å². The van der Waals surface area contributed by atoms with Gasteiger partial charge in [-0.15, -0.1) is 24.8 Å². The first kappa shape index (κ1) is 24.4. The van der Waals surface area contributed by atoms with E-state index in [0.717, 1.165) is 43.6 Å². The van der Waals surface area contributed by atoms with Crippen LogP contribution in [0, 0.1) is 0 Å². The molecule has 0 aliphatic carbocycles. The van der Waals surface area contributed by atoms with E-state index in [4.69, 9.17) is 5.73 Å². The molecule has 0 radical (unpaired) electrons. The third kappa shape index (κ3) is 7.08. The lowest BCUT2D eigenvalue weighted by Gasteiger charge is -2.29. The number of halogens is 2. The van der Waals surface area contributed by atoms with Crippen molar-refractivity contribution in [3.05, 3.63) is 71.3 Å². The highest BCUT2D eigenvalue weighted by Gasteiger charge is 2.17. The Kier molecular flexibility index (Phi) is 10.5. The predicted molar refractivity (Wildman–Crippen MR) is 117 cm³/mol. The zero-order chi connectivity index (χ0) is 18.4. The molecular formula is C21H29Cl2N3O2. The fraction of sp³-hybridized carbons (Fsp3) is 0.381. The molecule has 1 aliphatic rings. The number of aliphatic hydroxyl groups excluding tert-OH is 1. The second-order valence-electron chi connectivity index (χ2n) is 6.93. The van der Waals surface area contributed by atoms with Crippen molar-refractivity contribution >= 4 is 30.7 Å². The molecule has 0 bridgehead atoms. The highest BCUT2D eigenvalue weighted by atomic mass is 35.5. The molecule has 1 amide bonds. The van der Waals surface area contributed by atoms with Crippen molar-refractivity contribution in [1.29, 1.82) is 0 Å². The zero-order valence-electron chi connectivity index (χ0n) is 15.8. The molecule has 0 saturated carbocycles. The monoisotopic (exact) mass is 425 g/mol. The van der Waals surface area contributed by atoms with Crippen molar-refractivity contribution in [2.75, 3.05) is 13.1 Å². The summed E-state index contributed by atoms with van der Waals surface area (Å²) in [5.74, 6) is -0.174. The van der Waals surface area contributed by atoms with E-state index in [1.165, 1.54) is 5.56 Å². The fourth-order valence-corrected chi connectivity index (χ4v) is 3.21. The molecule has 5 nitrogen and oxygen atoms in total. The Hall–Kier alpha value is -1.63. The van der Waals surface area contributed by atoms with Crippen LogP contribution in [0.25, 0.3) is 0 Å². The van der Waals surface area contributed by atoms with Crippen molar-refractivity contribution in [3.63, 3.8) is 0 Å². The van der Waals surface area contributed by atoms with Crippen LogP contribution in [0.5, 0.6) is 0 Å². The third-order valence-corrected chi connectivity index (χ3v) is 4.89. The van der Waals surface area contributed by atoms with Crippen LogP contribution in [0.15, 0.2) is 54.6 Å². The van der Waals surface area contributed by atoms with Crippen molar-refractivity contribution in [3.8, 4) is 0 Å². The number of hydrogen-bond acceptors (Lipinski definition) is 4. The summed E-state index contributed by atoms with van der Waals surface area (Å²) < 4.78 is 0. The smallest absolute Gasteiger partial charge is 0.241 e. The van der Waals surface area contributed by atoms with Gasteiger partial charge in [0.05, 0.1) is 6.10 Å². The summed E-state index contributed by atoms with van der Waals surface area (Å²) in [6.07, 6.45) is 1.57. The van der Waals surface area contributed by atoms with Gasteiger partial charge in [-0.25, -0.2) is 0 Å². The number of carbonyl (C=O) groups excluding carboxylic acids is 1. The lowest BCUT2D eigenvalue weighted by Crippen LogP contribution is -2.35. The van der Waals surface area contributed by atoms with Crippen LogP contribution < -0.4 is 11.1 Å². The molecule has 1 saturated heterocycles. The quantitative estimate of drug-likeness (QED) is 0.664. The maximum Gasteiger partial charge on any atom is 0.241 e. The number of rotatable bonds is 6. The predicted octanol–water partition coefficient (Wildman–Crippen LogP) is 2.80. The SMILES string of the molecule is Cl.Cl.NC(C(=O)NCc1ccc(CN2CCC(O)CC2)cc1)c1ccccc1. The number of benzene rings is 2. The third-order valence-electron chi connectivity index (χ3n) is 4.89. The van der Waals surface area contributed by atoms with Crippen LogP contribution in [-0.4, -0.2) is 35.1 Å². The van der Waals surface area contributed by atoms with Crippen molar-refractivity contribution < 1.29 is 9.90 Å². The minimum atomic E-state index is -0.648. The van der Waals surface area contributed by atoms with E-state index in [0.29, 0.717) is 6.54 Å². The fourth-order valence-electron chi connectivity index (χ4n) is 3.21. The molecule has 0 spiro atoms. The van der Waals surface area contributed by atoms with E-state index in [2.05, 4.69) is 22.3 Å². The Balaban J connectivity index is 0.00000196. The van der Waals surface area contributed by atoms with Gasteiger partial charge in [-0.1, -0.05) is 54.6 Å². The molecule has 7 heteroatoms. The minimum absolute atomic E-state index is 0. The first-order valence-corrected chi connectivity index (χ1v) is 9.18. The number of likely N-dealkylation sites (tertiary alicyclic amines) is 1. The Morgan fingerprint density at radius 3 is 2.21 bits per heavy atom. The maximum absolute atomic E-state index is 12.2. The van der Waals surface area contributed by atoms with E-state index < -0.39 is 6.04 Å². The lowest BCUT2D eigenvalue weighted by atomic mass is 10.1. The largest absolute Gasteiger partial charge is 0.393 e. The van der Waals surface area contributed by atoms with E-state index >= 15 is 0 Å². The standard InChI is InChI=1S/C21H27N3O2.2ClH/c22-20(18-4-2-1-3-5-18)21(26)23-14-16-6-8-17(9-7-16)15-24-12-10-19(25)11-13-24;;/h1-9,19-20,25H,10-15,22H2,(H,23,26);2*1H. The van der Waals surface area contributed by atoms with Gasteiger partial charge < -0.3 is 16.2 Å². The number of piperidine rings is 1. The van der Waals surface area contributed by atoms with Crippen LogP contribution in [0.4, 0.5) is 0 Å². The molecule has 2 aromatic carbocycles. The second kappa shape index (κ2) is 12.0. The number of nitrogens with two attached hydrogens (primary N) is 1. The maximum atomic E-state index is 12.2. The number of aliphatic hydroxyl groups is 1. The number of hydrogen-bond donors (Lipinski definition) is 3. The average molecular weight is 426 g/mol. The number of nitrogens with one attached hydrogen (secondary N) is 1. The second-order valence-corrected chi connectivity index (χ2v) is 6.93. The van der Waals surface area contributed by atoms with E-state index in [-0.39, 0.29) is 36.8 Å². The van der Waals surface area contributed by atoms with E-state index in [1.807, 2.05) is 42.5 Å². The van der Waals surface area contributed by atoms with Gasteiger partial charge in [0.15, 0.2) is 0 Å². The molecule has 154 valence electrons. The Bertz CT molecular complexity index is 705.